The van der Waals surface area contributed by atoms with Crippen LogP contribution in [0.5, 0.6) is 0 Å². The third-order valence-electron chi connectivity index (χ3n) is 2.67. The summed E-state index contributed by atoms with van der Waals surface area (Å²) in [5.74, 6) is 2.02. The molecule has 0 aromatic rings. The minimum absolute atomic E-state index is 0.848. The number of rotatable bonds is 5. The molecule has 20 heavy (non-hydrogen) atoms. The minimum Gasteiger partial charge on any atom is -0.349 e. The molecule has 6 nitrogen and oxygen atoms in total. The number of aliphatic imine (C=N–C) groups is 2. The molecule has 0 radical (unpaired) electrons. The van der Waals surface area contributed by atoms with Gasteiger partial charge in [0.1, 0.15) is 0 Å². The summed E-state index contributed by atoms with van der Waals surface area (Å²) in [6.07, 6.45) is 2.12. The van der Waals surface area contributed by atoms with Crippen LogP contribution in [-0.4, -0.2) is 101 Å². The van der Waals surface area contributed by atoms with Crippen molar-refractivity contribution in [2.45, 2.75) is 12.8 Å². The number of hydrogen-bond acceptors (Lipinski definition) is 2. The lowest BCUT2D eigenvalue weighted by Gasteiger charge is -2.23. The summed E-state index contributed by atoms with van der Waals surface area (Å²) in [7, 11) is 16.1. The topological polar surface area (TPSA) is 37.7 Å². The van der Waals surface area contributed by atoms with Crippen LogP contribution in [0, 0.1) is 0 Å². The second-order valence-electron chi connectivity index (χ2n) is 5.65. The first kappa shape index (κ1) is 18.5. The normalized spacial score (nSPS) is 9.80. The van der Waals surface area contributed by atoms with Crippen LogP contribution in [0.3, 0.4) is 0 Å². The van der Waals surface area contributed by atoms with Crippen molar-refractivity contribution in [3.63, 3.8) is 0 Å². The van der Waals surface area contributed by atoms with E-state index in [9.17, 15) is 0 Å². The van der Waals surface area contributed by atoms with E-state index in [-0.39, 0.29) is 0 Å². The quantitative estimate of drug-likeness (QED) is 0.424. The van der Waals surface area contributed by atoms with Gasteiger partial charge in [0, 0.05) is 69.5 Å². The van der Waals surface area contributed by atoms with Crippen LogP contribution in [0.2, 0.25) is 0 Å². The summed E-state index contributed by atoms with van der Waals surface area (Å²) < 4.78 is 0. The van der Waals surface area contributed by atoms with Crippen molar-refractivity contribution < 1.29 is 0 Å². The molecule has 0 unspecified atom stereocenters. The van der Waals surface area contributed by atoms with Crippen molar-refractivity contribution in [3.05, 3.63) is 0 Å². The van der Waals surface area contributed by atoms with Gasteiger partial charge < -0.3 is 19.6 Å². The molecule has 6 heteroatoms. The molecule has 0 atom stereocenters. The average molecular weight is 284 g/mol. The number of guanidine groups is 2. The lowest BCUT2D eigenvalue weighted by Crippen LogP contribution is -2.35. The van der Waals surface area contributed by atoms with Gasteiger partial charge in [-0.25, -0.2) is 0 Å². The van der Waals surface area contributed by atoms with Crippen LogP contribution in [0.15, 0.2) is 9.98 Å². The van der Waals surface area contributed by atoms with E-state index in [0.717, 1.165) is 37.9 Å². The van der Waals surface area contributed by atoms with Gasteiger partial charge in [-0.3, -0.25) is 9.98 Å². The monoisotopic (exact) mass is 284 g/mol. The lowest BCUT2D eigenvalue weighted by molar-refractivity contribution is 0.476. The van der Waals surface area contributed by atoms with E-state index in [4.69, 9.17) is 0 Å². The fraction of sp³-hybridized carbons (Fsp3) is 0.857. The third-order valence-corrected chi connectivity index (χ3v) is 2.67. The van der Waals surface area contributed by atoms with E-state index in [2.05, 4.69) is 9.98 Å². The molecule has 0 aliphatic heterocycles. The molecular weight excluding hydrogens is 252 g/mol. The molecule has 0 saturated heterocycles. The molecule has 0 rings (SSSR count). The predicted octanol–water partition coefficient (Wildman–Crippen LogP) is 0.725. The second-order valence-corrected chi connectivity index (χ2v) is 5.65. The van der Waals surface area contributed by atoms with Crippen molar-refractivity contribution in [1.82, 2.24) is 19.6 Å². The zero-order valence-electron chi connectivity index (χ0n) is 14.5. The standard InChI is InChI=1S/C14H32N6/c1-17(2)13(18(3)4)15-11-9-10-12-16-14(19(5)6)20(7)8/h9-12H2,1-8H3. The van der Waals surface area contributed by atoms with Gasteiger partial charge in [0.05, 0.1) is 0 Å². The van der Waals surface area contributed by atoms with Gasteiger partial charge in [0.2, 0.25) is 0 Å². The molecule has 0 aliphatic carbocycles. The Kier molecular flexibility index (Phi) is 8.76. The van der Waals surface area contributed by atoms with Crippen LogP contribution in [0.1, 0.15) is 12.8 Å². The van der Waals surface area contributed by atoms with E-state index in [1.165, 1.54) is 0 Å². The zero-order valence-corrected chi connectivity index (χ0v) is 14.5. The summed E-state index contributed by atoms with van der Waals surface area (Å²) in [4.78, 5) is 17.4. The highest BCUT2D eigenvalue weighted by atomic mass is 15.3. The van der Waals surface area contributed by atoms with Gasteiger partial charge in [-0.15, -0.1) is 0 Å². The van der Waals surface area contributed by atoms with E-state index < -0.39 is 0 Å². The summed E-state index contributed by atoms with van der Waals surface area (Å²) in [6, 6.07) is 0. The first-order valence-corrected chi connectivity index (χ1v) is 7.05. The highest BCUT2D eigenvalue weighted by molar-refractivity contribution is 5.79. The summed E-state index contributed by atoms with van der Waals surface area (Å²) in [6.45, 7) is 1.70. The van der Waals surface area contributed by atoms with Crippen molar-refractivity contribution in [3.8, 4) is 0 Å². The first-order chi connectivity index (χ1) is 9.27. The molecular formula is C14H32N6. The van der Waals surface area contributed by atoms with E-state index >= 15 is 0 Å². The Morgan fingerprint density at radius 3 is 1.00 bits per heavy atom. The van der Waals surface area contributed by atoms with Crippen molar-refractivity contribution in [2.75, 3.05) is 69.5 Å². The maximum atomic E-state index is 4.61. The van der Waals surface area contributed by atoms with Crippen LogP contribution >= 0.6 is 0 Å². The Labute approximate surface area is 124 Å². The lowest BCUT2D eigenvalue weighted by atomic mass is 10.3. The predicted molar refractivity (Wildman–Crippen MR) is 88.6 cm³/mol. The van der Waals surface area contributed by atoms with Gasteiger partial charge in [-0.2, -0.15) is 0 Å². The summed E-state index contributed by atoms with van der Waals surface area (Å²) in [5.41, 5.74) is 0. The van der Waals surface area contributed by atoms with Crippen molar-refractivity contribution in [2.24, 2.45) is 9.98 Å². The Morgan fingerprint density at radius 1 is 0.550 bits per heavy atom. The molecule has 0 amide bonds. The molecule has 0 saturated carbocycles. The van der Waals surface area contributed by atoms with Gasteiger partial charge in [-0.05, 0) is 12.8 Å². The van der Waals surface area contributed by atoms with E-state index in [1.807, 2.05) is 76.0 Å². The minimum atomic E-state index is 0.848. The fourth-order valence-corrected chi connectivity index (χ4v) is 1.95. The Bertz CT molecular complexity index is 266. The van der Waals surface area contributed by atoms with Gasteiger partial charge in [0.15, 0.2) is 11.9 Å². The maximum absolute atomic E-state index is 4.61. The number of nitrogens with zero attached hydrogens (tertiary/aromatic N) is 6. The SMILES string of the molecule is CN(C)C(=NCCCCN=C(N(C)C)N(C)C)N(C)C. The molecule has 0 fully saturated rings. The van der Waals surface area contributed by atoms with Crippen molar-refractivity contribution in [1.29, 1.82) is 0 Å². The Morgan fingerprint density at radius 2 is 0.800 bits per heavy atom. The van der Waals surface area contributed by atoms with Crippen LogP contribution in [-0.2, 0) is 0 Å². The third kappa shape index (κ3) is 7.21. The zero-order chi connectivity index (χ0) is 15.7. The van der Waals surface area contributed by atoms with Gasteiger partial charge in [0.25, 0.3) is 0 Å². The van der Waals surface area contributed by atoms with Crippen molar-refractivity contribution >= 4 is 11.9 Å². The van der Waals surface area contributed by atoms with Gasteiger partial charge >= 0.3 is 0 Å². The molecule has 0 aromatic carbocycles. The Balaban J connectivity index is 4.14. The highest BCUT2D eigenvalue weighted by Gasteiger charge is 2.04. The molecule has 0 N–H and O–H groups in total. The molecule has 0 spiro atoms. The number of unbranched alkanes of at least 4 members (excludes halogenated alkanes) is 1. The molecule has 0 aromatic heterocycles. The van der Waals surface area contributed by atoms with Gasteiger partial charge in [-0.1, -0.05) is 0 Å². The van der Waals surface area contributed by atoms with Crippen LogP contribution in [0.25, 0.3) is 0 Å². The smallest absolute Gasteiger partial charge is 0.195 e. The molecule has 0 heterocycles. The van der Waals surface area contributed by atoms with E-state index in [1.54, 1.807) is 0 Å². The van der Waals surface area contributed by atoms with Crippen LogP contribution < -0.4 is 0 Å². The maximum Gasteiger partial charge on any atom is 0.195 e. The highest BCUT2D eigenvalue weighted by Crippen LogP contribution is 1.96. The summed E-state index contributed by atoms with van der Waals surface area (Å²) >= 11 is 0. The average Bonchev–Trinajstić information content (AvgIpc) is 2.30. The summed E-state index contributed by atoms with van der Waals surface area (Å²) in [5, 5.41) is 0. The molecule has 0 aliphatic rings. The second kappa shape index (κ2) is 9.44. The molecule has 0 bridgehead atoms. The number of hydrogen-bond donors (Lipinski definition) is 0. The Hall–Kier alpha value is -1.46. The fourth-order valence-electron chi connectivity index (χ4n) is 1.95. The largest absolute Gasteiger partial charge is 0.349 e. The molecule has 118 valence electrons. The first-order valence-electron chi connectivity index (χ1n) is 7.05. The van der Waals surface area contributed by atoms with Crippen LogP contribution in [0.4, 0.5) is 0 Å². The van der Waals surface area contributed by atoms with E-state index in [0.29, 0.717) is 0 Å².